The molecule has 0 fully saturated rings. The molecule has 0 aliphatic rings. The Labute approximate surface area is 140 Å². The maximum absolute atomic E-state index is 9.98. The molecule has 0 amide bonds. The van der Waals surface area contributed by atoms with E-state index in [1.54, 1.807) is 13.1 Å². The molecule has 1 rings (SSSR count). The van der Waals surface area contributed by atoms with Crippen LogP contribution in [0.2, 0.25) is 4.34 Å². The third kappa shape index (κ3) is 7.34. The second kappa shape index (κ2) is 8.28. The molecule has 0 radical (unpaired) electrons. The Kier molecular flexibility index (Phi) is 8.26. The summed E-state index contributed by atoms with van der Waals surface area (Å²) in [5, 5.41) is 16.3. The Bertz CT molecular complexity index is 417. The summed E-state index contributed by atoms with van der Waals surface area (Å²) in [4.78, 5) is 4.95. The zero-order chi connectivity index (χ0) is 13.8. The molecule has 1 aromatic heterocycles. The van der Waals surface area contributed by atoms with Gasteiger partial charge in [-0.3, -0.25) is 4.99 Å². The summed E-state index contributed by atoms with van der Waals surface area (Å²) in [5.41, 5.74) is -0.0704. The molecule has 1 unspecified atom stereocenters. The van der Waals surface area contributed by atoms with Crippen molar-refractivity contribution in [3.8, 4) is 0 Å². The van der Waals surface area contributed by atoms with Gasteiger partial charge in [0.25, 0.3) is 0 Å². The molecule has 0 spiro atoms. The highest BCUT2D eigenvalue weighted by atomic mass is 127. The van der Waals surface area contributed by atoms with Crippen LogP contribution in [0.3, 0.4) is 0 Å². The van der Waals surface area contributed by atoms with Gasteiger partial charge in [0, 0.05) is 24.0 Å². The van der Waals surface area contributed by atoms with Gasteiger partial charge in [-0.1, -0.05) is 11.6 Å². The van der Waals surface area contributed by atoms with E-state index in [0.29, 0.717) is 16.8 Å². The van der Waals surface area contributed by atoms with Gasteiger partial charge in [0.2, 0.25) is 0 Å². The maximum Gasteiger partial charge on any atom is 0.191 e. The minimum Gasteiger partial charge on any atom is -0.386 e. The van der Waals surface area contributed by atoms with Crippen LogP contribution < -0.4 is 10.6 Å². The Morgan fingerprint density at radius 3 is 2.53 bits per heavy atom. The topological polar surface area (TPSA) is 56.7 Å². The molecule has 3 N–H and O–H groups in total. The van der Waals surface area contributed by atoms with Crippen LogP contribution in [0.25, 0.3) is 0 Å². The first kappa shape index (κ1) is 18.9. The van der Waals surface area contributed by atoms with E-state index in [2.05, 4.69) is 36.4 Å². The van der Waals surface area contributed by atoms with Gasteiger partial charge in [0.15, 0.2) is 5.96 Å². The molecular formula is C12H21ClIN3OS. The number of aliphatic hydroxyl groups is 1. The number of thiophene rings is 1. The van der Waals surface area contributed by atoms with Crippen LogP contribution in [-0.2, 0) is 0 Å². The average molecular weight is 418 g/mol. The fraction of sp³-hybridized carbons (Fsp3) is 0.583. The van der Waals surface area contributed by atoms with Crippen LogP contribution in [0.1, 0.15) is 31.8 Å². The van der Waals surface area contributed by atoms with Gasteiger partial charge in [-0.2, -0.15) is 0 Å². The molecule has 0 aromatic carbocycles. The minimum atomic E-state index is -0.582. The van der Waals surface area contributed by atoms with E-state index in [-0.39, 0.29) is 29.5 Å². The smallest absolute Gasteiger partial charge is 0.191 e. The standard InChI is InChI=1S/C12H20ClN3OS.HI/c1-12(2,3)16-11(14-4)15-7-8(17)9-5-6-10(13)18-9;/h5-6,8,17H,7H2,1-4H3,(H2,14,15,16);1H. The van der Waals surface area contributed by atoms with Gasteiger partial charge >= 0.3 is 0 Å². The van der Waals surface area contributed by atoms with Crippen LogP contribution in [0.15, 0.2) is 17.1 Å². The van der Waals surface area contributed by atoms with E-state index in [9.17, 15) is 5.11 Å². The van der Waals surface area contributed by atoms with Gasteiger partial charge in [0.1, 0.15) is 6.10 Å². The first-order chi connectivity index (χ1) is 8.31. The molecule has 110 valence electrons. The lowest BCUT2D eigenvalue weighted by Gasteiger charge is -2.24. The second-order valence-electron chi connectivity index (χ2n) is 4.99. The molecule has 0 saturated heterocycles. The van der Waals surface area contributed by atoms with Gasteiger partial charge in [-0.05, 0) is 32.9 Å². The van der Waals surface area contributed by atoms with Crippen LogP contribution in [0, 0.1) is 0 Å². The first-order valence-corrected chi connectivity index (χ1v) is 6.93. The van der Waals surface area contributed by atoms with E-state index >= 15 is 0 Å². The lowest BCUT2D eigenvalue weighted by atomic mass is 10.1. The minimum absolute atomic E-state index is 0. The van der Waals surface area contributed by atoms with Crippen molar-refractivity contribution >= 4 is 52.9 Å². The molecule has 1 heterocycles. The summed E-state index contributed by atoms with van der Waals surface area (Å²) < 4.78 is 0.682. The fourth-order valence-electron chi connectivity index (χ4n) is 1.34. The Hall–Kier alpha value is -0.0500. The van der Waals surface area contributed by atoms with Crippen molar-refractivity contribution in [2.24, 2.45) is 4.99 Å². The summed E-state index contributed by atoms with van der Waals surface area (Å²) in [6, 6.07) is 3.62. The highest BCUT2D eigenvalue weighted by Gasteiger charge is 2.14. The predicted molar refractivity (Wildman–Crippen MR) is 94.0 cm³/mol. The normalized spacial score (nSPS) is 13.7. The van der Waals surface area contributed by atoms with Crippen LogP contribution >= 0.6 is 46.9 Å². The Morgan fingerprint density at radius 2 is 2.11 bits per heavy atom. The predicted octanol–water partition coefficient (Wildman–Crippen LogP) is 3.02. The van der Waals surface area contributed by atoms with E-state index in [1.807, 2.05) is 6.07 Å². The van der Waals surface area contributed by atoms with Crippen molar-refractivity contribution in [1.29, 1.82) is 0 Å². The summed E-state index contributed by atoms with van der Waals surface area (Å²) in [6.45, 7) is 6.55. The number of halogens is 2. The number of nitrogens with zero attached hydrogens (tertiary/aromatic N) is 1. The lowest BCUT2D eigenvalue weighted by molar-refractivity contribution is 0.184. The molecule has 0 aliphatic carbocycles. The summed E-state index contributed by atoms with van der Waals surface area (Å²) in [6.07, 6.45) is -0.582. The molecule has 0 bridgehead atoms. The van der Waals surface area contributed by atoms with Gasteiger partial charge in [-0.15, -0.1) is 35.3 Å². The molecule has 1 atom stereocenters. The number of nitrogens with one attached hydrogen (secondary N) is 2. The largest absolute Gasteiger partial charge is 0.386 e. The van der Waals surface area contributed by atoms with E-state index < -0.39 is 6.10 Å². The van der Waals surface area contributed by atoms with E-state index in [0.717, 1.165) is 4.88 Å². The maximum atomic E-state index is 9.98. The molecule has 7 heteroatoms. The van der Waals surface area contributed by atoms with E-state index in [4.69, 9.17) is 11.6 Å². The first-order valence-electron chi connectivity index (χ1n) is 5.74. The molecule has 1 aromatic rings. The SMILES string of the molecule is CN=C(NCC(O)c1ccc(Cl)s1)NC(C)(C)C.I. The molecule has 4 nitrogen and oxygen atoms in total. The number of hydrogen-bond donors (Lipinski definition) is 3. The Balaban J connectivity index is 0.00000324. The van der Waals surface area contributed by atoms with Crippen molar-refractivity contribution in [1.82, 2.24) is 10.6 Å². The van der Waals surface area contributed by atoms with Crippen LogP contribution in [-0.4, -0.2) is 30.2 Å². The second-order valence-corrected chi connectivity index (χ2v) is 6.73. The van der Waals surface area contributed by atoms with Gasteiger partial charge < -0.3 is 15.7 Å². The number of guanidine groups is 1. The van der Waals surface area contributed by atoms with Crippen LogP contribution in [0.5, 0.6) is 0 Å². The Morgan fingerprint density at radius 1 is 1.47 bits per heavy atom. The van der Waals surface area contributed by atoms with Crippen LogP contribution in [0.4, 0.5) is 0 Å². The van der Waals surface area contributed by atoms with Gasteiger partial charge in [-0.25, -0.2) is 0 Å². The monoisotopic (exact) mass is 417 g/mol. The third-order valence-electron chi connectivity index (χ3n) is 2.10. The van der Waals surface area contributed by atoms with Gasteiger partial charge in [0.05, 0.1) is 4.34 Å². The molecule has 0 aliphatic heterocycles. The van der Waals surface area contributed by atoms with Crippen molar-refractivity contribution in [3.05, 3.63) is 21.3 Å². The number of rotatable bonds is 3. The van der Waals surface area contributed by atoms with E-state index in [1.165, 1.54) is 11.3 Å². The average Bonchev–Trinajstić information content (AvgIpc) is 2.69. The summed E-state index contributed by atoms with van der Waals surface area (Å²) in [5.74, 6) is 0.671. The molecular weight excluding hydrogens is 397 g/mol. The highest BCUT2D eigenvalue weighted by Crippen LogP contribution is 2.26. The summed E-state index contributed by atoms with van der Waals surface area (Å²) in [7, 11) is 1.70. The quantitative estimate of drug-likeness (QED) is 0.402. The lowest BCUT2D eigenvalue weighted by Crippen LogP contribution is -2.48. The molecule has 19 heavy (non-hydrogen) atoms. The number of aliphatic imine (C=N–C) groups is 1. The summed E-state index contributed by atoms with van der Waals surface area (Å²) >= 11 is 7.22. The number of hydrogen-bond acceptors (Lipinski definition) is 3. The third-order valence-corrected chi connectivity index (χ3v) is 3.43. The van der Waals surface area contributed by atoms with Crippen molar-refractivity contribution in [2.75, 3.05) is 13.6 Å². The number of aliphatic hydroxyl groups excluding tert-OH is 1. The zero-order valence-corrected chi connectivity index (χ0v) is 15.4. The van der Waals surface area contributed by atoms with Crippen molar-refractivity contribution in [2.45, 2.75) is 32.4 Å². The molecule has 0 saturated carbocycles. The fourth-order valence-corrected chi connectivity index (χ4v) is 2.38. The van der Waals surface area contributed by atoms with Crippen molar-refractivity contribution in [3.63, 3.8) is 0 Å². The van der Waals surface area contributed by atoms with Crippen molar-refractivity contribution < 1.29 is 5.11 Å². The highest BCUT2D eigenvalue weighted by molar-refractivity contribution is 14.0. The zero-order valence-electron chi connectivity index (χ0n) is 11.5.